The second kappa shape index (κ2) is 7.85. The molecule has 1 saturated carbocycles. The molecular formula is C19H26N6O. The van der Waals surface area contributed by atoms with Crippen LogP contribution in [0.2, 0.25) is 0 Å². The van der Waals surface area contributed by atoms with Crippen LogP contribution in [0.15, 0.2) is 37.1 Å². The molecule has 2 atom stereocenters. The number of likely N-dealkylation sites (tertiary alicyclic amines) is 1. The maximum atomic E-state index is 12.8. The number of carbonyl (C=O) groups excluding carboxylic acids is 1. The second-order valence-electron chi connectivity index (χ2n) is 7.29. The molecule has 4 rings (SSSR count). The average molecular weight is 354 g/mol. The van der Waals surface area contributed by atoms with Gasteiger partial charge in [-0.05, 0) is 37.8 Å². The van der Waals surface area contributed by atoms with Gasteiger partial charge in [0.25, 0.3) is 0 Å². The van der Waals surface area contributed by atoms with Crippen LogP contribution in [0.25, 0.3) is 0 Å². The number of hydrogen-bond acceptors (Lipinski definition) is 4. The molecule has 2 aromatic rings. The highest BCUT2D eigenvalue weighted by Crippen LogP contribution is 2.29. The van der Waals surface area contributed by atoms with Gasteiger partial charge in [-0.1, -0.05) is 12.8 Å². The van der Waals surface area contributed by atoms with E-state index in [1.54, 1.807) is 12.5 Å². The van der Waals surface area contributed by atoms with Gasteiger partial charge >= 0.3 is 6.03 Å². The number of urea groups is 1. The van der Waals surface area contributed by atoms with E-state index in [4.69, 9.17) is 0 Å². The number of carbonyl (C=O) groups is 1. The molecular weight excluding hydrogens is 328 g/mol. The van der Waals surface area contributed by atoms with Crippen molar-refractivity contribution in [3.63, 3.8) is 0 Å². The van der Waals surface area contributed by atoms with E-state index in [2.05, 4.69) is 20.4 Å². The molecule has 2 fully saturated rings. The van der Waals surface area contributed by atoms with Crippen molar-refractivity contribution in [1.29, 1.82) is 0 Å². The quantitative estimate of drug-likeness (QED) is 0.919. The summed E-state index contributed by atoms with van der Waals surface area (Å²) in [7, 11) is 0. The Hall–Kier alpha value is -2.44. The lowest BCUT2D eigenvalue weighted by atomic mass is 9.90. The van der Waals surface area contributed by atoms with E-state index in [0.717, 1.165) is 44.5 Å². The van der Waals surface area contributed by atoms with Crippen LogP contribution >= 0.6 is 0 Å². The van der Waals surface area contributed by atoms with Gasteiger partial charge in [-0.15, -0.1) is 0 Å². The normalized spacial score (nSPS) is 24.4. The summed E-state index contributed by atoms with van der Waals surface area (Å²) < 4.78 is 2.01. The lowest BCUT2D eigenvalue weighted by Crippen LogP contribution is -2.50. The van der Waals surface area contributed by atoms with Crippen molar-refractivity contribution >= 4 is 6.03 Å². The Bertz CT molecular complexity index is 696. The van der Waals surface area contributed by atoms with Crippen LogP contribution in [0.3, 0.4) is 0 Å². The summed E-state index contributed by atoms with van der Waals surface area (Å²) in [6.07, 6.45) is 13.6. The Labute approximate surface area is 153 Å². The van der Waals surface area contributed by atoms with Crippen LogP contribution in [0.1, 0.15) is 56.2 Å². The maximum Gasteiger partial charge on any atom is 0.317 e. The summed E-state index contributed by atoms with van der Waals surface area (Å²) in [5.74, 6) is 0.425. The standard InChI is InChI=1S/C19H26N6O/c26-19(23-17-4-1-2-5-18(17)25-11-3-9-22-25)24-12-7-15(8-13-24)16-6-10-20-14-21-16/h3,6,9-11,14-15,17-18H,1-2,4-5,7-8,12-13H2,(H,23,26)/t17-,18+/m1/s1. The molecule has 2 aromatic heterocycles. The zero-order valence-corrected chi connectivity index (χ0v) is 15.0. The molecule has 2 aliphatic rings. The third-order valence-electron chi connectivity index (χ3n) is 5.71. The zero-order valence-electron chi connectivity index (χ0n) is 15.0. The smallest absolute Gasteiger partial charge is 0.317 e. The highest BCUT2D eigenvalue weighted by molar-refractivity contribution is 5.74. The summed E-state index contributed by atoms with van der Waals surface area (Å²) in [4.78, 5) is 23.1. The van der Waals surface area contributed by atoms with E-state index in [0.29, 0.717) is 5.92 Å². The van der Waals surface area contributed by atoms with Gasteiger partial charge in [-0.2, -0.15) is 5.10 Å². The van der Waals surface area contributed by atoms with Crippen molar-refractivity contribution in [2.24, 2.45) is 0 Å². The monoisotopic (exact) mass is 354 g/mol. The van der Waals surface area contributed by atoms with Crippen molar-refractivity contribution in [3.05, 3.63) is 42.7 Å². The van der Waals surface area contributed by atoms with Crippen molar-refractivity contribution in [1.82, 2.24) is 30.0 Å². The van der Waals surface area contributed by atoms with Crippen LogP contribution in [0.5, 0.6) is 0 Å². The highest BCUT2D eigenvalue weighted by Gasteiger charge is 2.31. The summed E-state index contributed by atoms with van der Waals surface area (Å²) >= 11 is 0. The first kappa shape index (κ1) is 17.0. The van der Waals surface area contributed by atoms with Crippen molar-refractivity contribution < 1.29 is 4.79 Å². The fourth-order valence-corrected chi connectivity index (χ4v) is 4.24. The number of amides is 2. The van der Waals surface area contributed by atoms with Gasteiger partial charge in [0.2, 0.25) is 0 Å². The fourth-order valence-electron chi connectivity index (χ4n) is 4.24. The largest absolute Gasteiger partial charge is 0.333 e. The molecule has 0 aromatic carbocycles. The number of rotatable bonds is 3. The Kier molecular flexibility index (Phi) is 5.13. The molecule has 1 saturated heterocycles. The topological polar surface area (TPSA) is 75.9 Å². The molecule has 1 aliphatic heterocycles. The summed E-state index contributed by atoms with van der Waals surface area (Å²) in [6.45, 7) is 1.55. The fraction of sp³-hybridized carbons (Fsp3) is 0.579. The van der Waals surface area contributed by atoms with Gasteiger partial charge < -0.3 is 10.2 Å². The lowest BCUT2D eigenvalue weighted by molar-refractivity contribution is 0.164. The molecule has 1 N–H and O–H groups in total. The first-order chi connectivity index (χ1) is 12.8. The predicted octanol–water partition coefficient (Wildman–Crippen LogP) is 2.75. The molecule has 26 heavy (non-hydrogen) atoms. The third kappa shape index (κ3) is 3.71. The van der Waals surface area contributed by atoms with Gasteiger partial charge in [0.15, 0.2) is 0 Å². The van der Waals surface area contributed by atoms with Crippen LogP contribution in [-0.4, -0.2) is 49.8 Å². The Morgan fingerprint density at radius 1 is 1.12 bits per heavy atom. The zero-order chi connectivity index (χ0) is 17.8. The summed E-state index contributed by atoms with van der Waals surface area (Å²) in [5, 5.41) is 7.68. The molecule has 0 bridgehead atoms. The van der Waals surface area contributed by atoms with Gasteiger partial charge in [-0.25, -0.2) is 14.8 Å². The minimum Gasteiger partial charge on any atom is -0.333 e. The highest BCUT2D eigenvalue weighted by atomic mass is 16.2. The molecule has 2 amide bonds. The molecule has 138 valence electrons. The molecule has 7 heteroatoms. The van der Waals surface area contributed by atoms with E-state index in [1.807, 2.05) is 34.1 Å². The Morgan fingerprint density at radius 2 is 1.96 bits per heavy atom. The van der Waals surface area contributed by atoms with Crippen LogP contribution in [0, 0.1) is 0 Å². The first-order valence-electron chi connectivity index (χ1n) is 9.62. The van der Waals surface area contributed by atoms with Gasteiger partial charge in [0.1, 0.15) is 6.33 Å². The number of nitrogens with zero attached hydrogens (tertiary/aromatic N) is 5. The molecule has 0 unspecified atom stereocenters. The van der Waals surface area contributed by atoms with Crippen molar-refractivity contribution in [2.75, 3.05) is 13.1 Å². The van der Waals surface area contributed by atoms with Crippen molar-refractivity contribution in [2.45, 2.75) is 56.5 Å². The predicted molar refractivity (Wildman–Crippen MR) is 97.6 cm³/mol. The number of piperidine rings is 1. The van der Waals surface area contributed by atoms with Crippen molar-refractivity contribution in [3.8, 4) is 0 Å². The van der Waals surface area contributed by atoms with E-state index >= 15 is 0 Å². The SMILES string of the molecule is O=C(N[C@@H]1CCCC[C@@H]1n1cccn1)N1CCC(c2ccncn2)CC1. The molecule has 1 aliphatic carbocycles. The molecule has 0 radical (unpaired) electrons. The first-order valence-corrected chi connectivity index (χ1v) is 9.62. The van der Waals surface area contributed by atoms with Gasteiger partial charge in [0.05, 0.1) is 12.1 Å². The number of aromatic nitrogens is 4. The summed E-state index contributed by atoms with van der Waals surface area (Å²) in [6, 6.07) is 4.43. The van der Waals surface area contributed by atoms with Crippen LogP contribution in [0.4, 0.5) is 4.79 Å². The van der Waals surface area contributed by atoms with E-state index < -0.39 is 0 Å². The maximum absolute atomic E-state index is 12.8. The van der Waals surface area contributed by atoms with Gasteiger partial charge in [-0.3, -0.25) is 4.68 Å². The van der Waals surface area contributed by atoms with Gasteiger partial charge in [0, 0.05) is 43.3 Å². The molecule has 7 nitrogen and oxygen atoms in total. The van der Waals surface area contributed by atoms with E-state index in [9.17, 15) is 4.79 Å². The lowest BCUT2D eigenvalue weighted by Gasteiger charge is -2.36. The summed E-state index contributed by atoms with van der Waals surface area (Å²) in [5.41, 5.74) is 1.09. The average Bonchev–Trinajstić information content (AvgIpc) is 3.24. The van der Waals surface area contributed by atoms with Crippen LogP contribution in [-0.2, 0) is 0 Å². The minimum atomic E-state index is 0.0650. The Morgan fingerprint density at radius 3 is 2.69 bits per heavy atom. The molecule has 3 heterocycles. The third-order valence-corrected chi connectivity index (χ3v) is 5.71. The number of hydrogen-bond donors (Lipinski definition) is 1. The van der Waals surface area contributed by atoms with Crippen LogP contribution < -0.4 is 5.32 Å². The van der Waals surface area contributed by atoms with E-state index in [1.165, 1.54) is 12.8 Å². The minimum absolute atomic E-state index is 0.0650. The van der Waals surface area contributed by atoms with E-state index in [-0.39, 0.29) is 18.1 Å². The second-order valence-corrected chi connectivity index (χ2v) is 7.29. The Balaban J connectivity index is 1.33. The number of nitrogens with one attached hydrogen (secondary N) is 1. The molecule has 0 spiro atoms.